The summed E-state index contributed by atoms with van der Waals surface area (Å²) in [6.45, 7) is 2.77. The summed E-state index contributed by atoms with van der Waals surface area (Å²) in [6.07, 6.45) is 3.14. The minimum absolute atomic E-state index is 0.00826. The molecule has 104 valence electrons. The molecule has 5 heteroatoms. The summed E-state index contributed by atoms with van der Waals surface area (Å²) < 4.78 is 13.3. The van der Waals surface area contributed by atoms with Gasteiger partial charge in [-0.3, -0.25) is 4.79 Å². The van der Waals surface area contributed by atoms with E-state index in [-0.39, 0.29) is 17.6 Å². The number of benzene rings is 1. The van der Waals surface area contributed by atoms with Gasteiger partial charge in [0.1, 0.15) is 5.82 Å². The van der Waals surface area contributed by atoms with Crippen LogP contribution in [0, 0.1) is 5.82 Å². The number of nitrogens with zero attached hydrogens (tertiary/aromatic N) is 1. The number of hydrogen-bond acceptors (Lipinski definition) is 3. The Morgan fingerprint density at radius 2 is 2.21 bits per heavy atom. The fourth-order valence-electron chi connectivity index (χ4n) is 2.76. The minimum Gasteiger partial charge on any atom is -0.366 e. The Labute approximate surface area is 112 Å². The molecule has 0 saturated carbocycles. The first-order chi connectivity index (χ1) is 9.00. The van der Waals surface area contributed by atoms with Crippen LogP contribution in [-0.4, -0.2) is 24.5 Å². The van der Waals surface area contributed by atoms with Gasteiger partial charge in [-0.1, -0.05) is 0 Å². The van der Waals surface area contributed by atoms with E-state index in [2.05, 4.69) is 4.90 Å². The molecule has 0 aromatic heterocycles. The Balaban J connectivity index is 2.41. The number of piperidine rings is 1. The molecule has 4 nitrogen and oxygen atoms in total. The van der Waals surface area contributed by atoms with Gasteiger partial charge in [-0.25, -0.2) is 4.39 Å². The quantitative estimate of drug-likeness (QED) is 0.872. The van der Waals surface area contributed by atoms with Gasteiger partial charge in [-0.2, -0.15) is 0 Å². The molecule has 0 bridgehead atoms. The maximum atomic E-state index is 13.3. The number of halogens is 1. The van der Waals surface area contributed by atoms with Crippen molar-refractivity contribution in [3.8, 4) is 0 Å². The lowest BCUT2D eigenvalue weighted by molar-refractivity contribution is 0.1000. The molecular weight excluding hydrogens is 245 g/mol. The molecule has 1 aromatic carbocycles. The van der Waals surface area contributed by atoms with Crippen LogP contribution in [0.2, 0.25) is 0 Å². The molecule has 0 radical (unpaired) electrons. The van der Waals surface area contributed by atoms with Crippen molar-refractivity contribution in [1.29, 1.82) is 0 Å². The van der Waals surface area contributed by atoms with Gasteiger partial charge in [0.25, 0.3) is 5.91 Å². The second-order valence-electron chi connectivity index (χ2n) is 5.14. The number of carbonyl (C=O) groups is 1. The molecule has 0 aliphatic carbocycles. The number of carbonyl (C=O) groups excluding carboxylic acids is 1. The third-order valence-corrected chi connectivity index (χ3v) is 3.69. The molecule has 4 N–H and O–H groups in total. The van der Waals surface area contributed by atoms with E-state index < -0.39 is 11.7 Å². The first kappa shape index (κ1) is 13.8. The van der Waals surface area contributed by atoms with Crippen LogP contribution in [-0.2, 0) is 0 Å². The molecule has 1 saturated heterocycles. The van der Waals surface area contributed by atoms with Gasteiger partial charge in [0.05, 0.1) is 11.3 Å². The number of hydrogen-bond donors (Lipinski definition) is 2. The average molecular weight is 265 g/mol. The van der Waals surface area contributed by atoms with Crippen molar-refractivity contribution in [3.05, 3.63) is 29.6 Å². The van der Waals surface area contributed by atoms with Gasteiger partial charge in [-0.15, -0.1) is 0 Å². The molecule has 1 heterocycles. The van der Waals surface area contributed by atoms with E-state index in [1.54, 1.807) is 6.07 Å². The lowest BCUT2D eigenvalue weighted by Crippen LogP contribution is -2.49. The topological polar surface area (TPSA) is 72.3 Å². The summed E-state index contributed by atoms with van der Waals surface area (Å²) in [5, 5.41) is 0. The van der Waals surface area contributed by atoms with Crippen LogP contribution in [0.1, 0.15) is 36.5 Å². The van der Waals surface area contributed by atoms with Crippen LogP contribution < -0.4 is 16.4 Å². The fourth-order valence-corrected chi connectivity index (χ4v) is 2.76. The zero-order chi connectivity index (χ0) is 14.0. The molecule has 1 aromatic rings. The number of anilines is 1. The number of rotatable bonds is 3. The summed E-state index contributed by atoms with van der Waals surface area (Å²) in [5.74, 6) is -1.06. The molecule has 1 aliphatic rings. The molecule has 19 heavy (non-hydrogen) atoms. The summed E-state index contributed by atoms with van der Waals surface area (Å²) in [6, 6.07) is 4.33. The Bertz CT molecular complexity index is 476. The highest BCUT2D eigenvalue weighted by Crippen LogP contribution is 2.29. The van der Waals surface area contributed by atoms with Crippen molar-refractivity contribution in [3.63, 3.8) is 0 Å². The third kappa shape index (κ3) is 2.87. The van der Waals surface area contributed by atoms with Crippen molar-refractivity contribution in [2.45, 2.75) is 38.3 Å². The summed E-state index contributed by atoms with van der Waals surface area (Å²) >= 11 is 0. The van der Waals surface area contributed by atoms with E-state index in [1.165, 1.54) is 12.1 Å². The minimum atomic E-state index is -0.608. The molecular formula is C14H20FN3O. The SMILES string of the molecule is CC(N)C1CCCCN1c1ccc(F)cc1C(N)=O. The highest BCUT2D eigenvalue weighted by Gasteiger charge is 2.28. The van der Waals surface area contributed by atoms with Gasteiger partial charge in [0.15, 0.2) is 0 Å². The van der Waals surface area contributed by atoms with Crippen LogP contribution in [0.25, 0.3) is 0 Å². The number of amides is 1. The number of nitrogens with two attached hydrogens (primary N) is 2. The van der Waals surface area contributed by atoms with Crippen molar-refractivity contribution in [2.24, 2.45) is 11.5 Å². The predicted molar refractivity (Wildman–Crippen MR) is 73.6 cm³/mol. The molecule has 0 spiro atoms. The van der Waals surface area contributed by atoms with Crippen LogP contribution in [0.4, 0.5) is 10.1 Å². The summed E-state index contributed by atoms with van der Waals surface area (Å²) in [4.78, 5) is 13.6. The molecule has 2 atom stereocenters. The summed E-state index contributed by atoms with van der Waals surface area (Å²) in [5.41, 5.74) is 12.3. The standard InChI is InChI=1S/C14H20FN3O/c1-9(16)12-4-2-3-7-18(12)13-6-5-10(15)8-11(13)14(17)19/h5-6,8-9,12H,2-4,7,16H2,1H3,(H2,17,19). The Kier molecular flexibility index (Phi) is 4.04. The van der Waals surface area contributed by atoms with Gasteiger partial charge in [-0.05, 0) is 44.4 Å². The van der Waals surface area contributed by atoms with Crippen LogP contribution in [0.5, 0.6) is 0 Å². The van der Waals surface area contributed by atoms with E-state index in [1.807, 2.05) is 6.92 Å². The Morgan fingerprint density at radius 1 is 1.47 bits per heavy atom. The van der Waals surface area contributed by atoms with Crippen molar-refractivity contribution < 1.29 is 9.18 Å². The van der Waals surface area contributed by atoms with E-state index in [4.69, 9.17) is 11.5 Å². The van der Waals surface area contributed by atoms with E-state index in [0.717, 1.165) is 25.8 Å². The molecule has 2 rings (SSSR count). The van der Waals surface area contributed by atoms with Gasteiger partial charge in [0, 0.05) is 18.6 Å². The van der Waals surface area contributed by atoms with Crippen LogP contribution in [0.15, 0.2) is 18.2 Å². The van der Waals surface area contributed by atoms with E-state index in [0.29, 0.717) is 5.69 Å². The lowest BCUT2D eigenvalue weighted by Gasteiger charge is -2.40. The Hall–Kier alpha value is -1.62. The normalized spacial score (nSPS) is 21.2. The predicted octanol–water partition coefficient (Wildman–Crippen LogP) is 1.63. The van der Waals surface area contributed by atoms with Crippen LogP contribution in [0.3, 0.4) is 0 Å². The monoisotopic (exact) mass is 265 g/mol. The largest absolute Gasteiger partial charge is 0.366 e. The van der Waals surface area contributed by atoms with Crippen molar-refractivity contribution >= 4 is 11.6 Å². The lowest BCUT2D eigenvalue weighted by atomic mass is 9.95. The van der Waals surface area contributed by atoms with Gasteiger partial charge in [0.2, 0.25) is 0 Å². The average Bonchev–Trinajstić information content (AvgIpc) is 2.38. The van der Waals surface area contributed by atoms with E-state index >= 15 is 0 Å². The highest BCUT2D eigenvalue weighted by atomic mass is 19.1. The second-order valence-corrected chi connectivity index (χ2v) is 5.14. The van der Waals surface area contributed by atoms with Gasteiger partial charge >= 0.3 is 0 Å². The molecule has 1 amide bonds. The molecule has 1 aliphatic heterocycles. The highest BCUT2D eigenvalue weighted by molar-refractivity contribution is 5.98. The second kappa shape index (κ2) is 5.57. The van der Waals surface area contributed by atoms with Gasteiger partial charge < -0.3 is 16.4 Å². The summed E-state index contributed by atoms with van der Waals surface area (Å²) in [7, 11) is 0. The third-order valence-electron chi connectivity index (χ3n) is 3.69. The maximum Gasteiger partial charge on any atom is 0.250 e. The van der Waals surface area contributed by atoms with Crippen molar-refractivity contribution in [2.75, 3.05) is 11.4 Å². The number of primary amides is 1. The zero-order valence-corrected chi connectivity index (χ0v) is 11.1. The molecule has 2 unspecified atom stereocenters. The van der Waals surface area contributed by atoms with E-state index in [9.17, 15) is 9.18 Å². The smallest absolute Gasteiger partial charge is 0.250 e. The fraction of sp³-hybridized carbons (Fsp3) is 0.500. The first-order valence-corrected chi connectivity index (χ1v) is 6.62. The van der Waals surface area contributed by atoms with Crippen molar-refractivity contribution in [1.82, 2.24) is 0 Å². The van der Waals surface area contributed by atoms with Crippen LogP contribution >= 0.6 is 0 Å². The maximum absolute atomic E-state index is 13.3. The molecule has 1 fully saturated rings. The zero-order valence-electron chi connectivity index (χ0n) is 11.1. The Morgan fingerprint density at radius 3 is 2.84 bits per heavy atom. The first-order valence-electron chi connectivity index (χ1n) is 6.62.